The van der Waals surface area contributed by atoms with E-state index in [1.807, 2.05) is 0 Å². The number of para-hydroxylation sites is 1. The molecule has 1 aromatic rings. The van der Waals surface area contributed by atoms with Gasteiger partial charge in [-0.3, -0.25) is 14.4 Å². The van der Waals surface area contributed by atoms with Gasteiger partial charge in [-0.1, -0.05) is 44.2 Å². The molecular weight excluding hydrogens is 376 g/mol. The van der Waals surface area contributed by atoms with Gasteiger partial charge in [0.15, 0.2) is 0 Å². The second kappa shape index (κ2) is 9.32. The molecule has 0 aliphatic heterocycles. The number of carbonyl (C=O) groups excluding carboxylic acids is 4. The lowest BCUT2D eigenvalue weighted by atomic mass is 9.78. The van der Waals surface area contributed by atoms with Crippen molar-refractivity contribution in [2.24, 2.45) is 11.8 Å². The normalized spacial score (nSPS) is 20.4. The zero-order chi connectivity index (χ0) is 21.6. The summed E-state index contributed by atoms with van der Waals surface area (Å²) >= 11 is 0. The van der Waals surface area contributed by atoms with E-state index in [0.29, 0.717) is 0 Å². The minimum atomic E-state index is -1.93. The number of hydrogen-bond donors (Lipinski definition) is 0. The highest BCUT2D eigenvalue weighted by Crippen LogP contribution is 2.35. The summed E-state index contributed by atoms with van der Waals surface area (Å²) < 4.78 is 15.6. The molecule has 0 heterocycles. The van der Waals surface area contributed by atoms with Crippen LogP contribution < -0.4 is 4.74 Å². The zero-order valence-electron chi connectivity index (χ0n) is 16.7. The Bertz CT molecular complexity index is 850. The molecule has 0 saturated carbocycles. The highest BCUT2D eigenvalue weighted by molar-refractivity contribution is 6.09. The number of rotatable bonds is 7. The Morgan fingerprint density at radius 1 is 1.07 bits per heavy atom. The van der Waals surface area contributed by atoms with Crippen LogP contribution in [-0.4, -0.2) is 35.9 Å². The molecule has 0 fully saturated rings. The first kappa shape index (κ1) is 22.1. The summed E-state index contributed by atoms with van der Waals surface area (Å²) in [6, 6.07) is 5.96. The van der Waals surface area contributed by atoms with Crippen molar-refractivity contribution in [1.29, 1.82) is 0 Å². The van der Waals surface area contributed by atoms with E-state index in [0.717, 1.165) is 0 Å². The summed E-state index contributed by atoms with van der Waals surface area (Å²) in [6.07, 6.45) is 6.20. The van der Waals surface area contributed by atoms with Crippen molar-refractivity contribution >= 4 is 24.2 Å². The summed E-state index contributed by atoms with van der Waals surface area (Å²) in [4.78, 5) is 49.3. The molecule has 2 atom stereocenters. The molecule has 0 bridgehead atoms. The lowest BCUT2D eigenvalue weighted by Gasteiger charge is -2.34. The second-order valence-corrected chi connectivity index (χ2v) is 7.05. The molecule has 0 saturated heterocycles. The molecule has 153 valence electrons. The number of esters is 1. The van der Waals surface area contributed by atoms with Crippen LogP contribution in [-0.2, 0) is 19.1 Å². The number of hydrogen-bond acceptors (Lipinski definition) is 7. The van der Waals surface area contributed by atoms with E-state index in [9.17, 15) is 19.2 Å². The van der Waals surface area contributed by atoms with Crippen LogP contribution in [0.4, 0.5) is 4.79 Å². The quantitative estimate of drug-likeness (QED) is 0.393. The van der Waals surface area contributed by atoms with Gasteiger partial charge < -0.3 is 14.2 Å². The molecule has 2 rings (SSSR count). The maximum Gasteiger partial charge on any atom is 0.514 e. The van der Waals surface area contributed by atoms with Gasteiger partial charge in [0.05, 0.1) is 23.5 Å². The average Bonchev–Trinajstić information content (AvgIpc) is 2.67. The maximum atomic E-state index is 13.5. The van der Waals surface area contributed by atoms with Crippen LogP contribution in [0.25, 0.3) is 0 Å². The molecule has 2 unspecified atom stereocenters. The molecule has 1 aliphatic carbocycles. The molecule has 7 heteroatoms. The number of benzene rings is 1. The van der Waals surface area contributed by atoms with Crippen molar-refractivity contribution in [2.45, 2.75) is 39.4 Å². The van der Waals surface area contributed by atoms with Crippen molar-refractivity contribution < 1.29 is 33.4 Å². The molecule has 1 aromatic carbocycles. The van der Waals surface area contributed by atoms with Gasteiger partial charge in [0, 0.05) is 0 Å². The van der Waals surface area contributed by atoms with Crippen molar-refractivity contribution in [3.8, 4) is 5.75 Å². The molecular formula is C22H23O7. The average molecular weight is 399 g/mol. The fourth-order valence-corrected chi connectivity index (χ4v) is 2.65. The van der Waals surface area contributed by atoms with E-state index in [1.54, 1.807) is 52.2 Å². The Kier molecular flexibility index (Phi) is 7.09. The number of ether oxygens (including phenoxy) is 3. The van der Waals surface area contributed by atoms with Gasteiger partial charge in [-0.25, -0.2) is 4.79 Å². The predicted octanol–water partition coefficient (Wildman–Crippen LogP) is 3.58. The van der Waals surface area contributed by atoms with Crippen LogP contribution in [0.15, 0.2) is 48.6 Å². The first-order valence-corrected chi connectivity index (χ1v) is 9.20. The lowest BCUT2D eigenvalue weighted by Crippen LogP contribution is -2.50. The van der Waals surface area contributed by atoms with Crippen LogP contribution in [0.1, 0.15) is 38.1 Å². The first-order valence-electron chi connectivity index (χ1n) is 9.20. The fraction of sp³-hybridized carbons (Fsp3) is 0.364. The van der Waals surface area contributed by atoms with Gasteiger partial charge in [0.25, 0.3) is 0 Å². The minimum absolute atomic E-state index is 0.0371. The van der Waals surface area contributed by atoms with E-state index >= 15 is 0 Å². The van der Waals surface area contributed by atoms with Gasteiger partial charge in [0.2, 0.25) is 17.7 Å². The van der Waals surface area contributed by atoms with Crippen molar-refractivity contribution in [3.05, 3.63) is 54.1 Å². The van der Waals surface area contributed by atoms with E-state index in [2.05, 4.69) is 0 Å². The molecule has 0 aromatic heterocycles. The highest BCUT2D eigenvalue weighted by atomic mass is 16.7. The lowest BCUT2D eigenvalue weighted by molar-refractivity contribution is -0.156. The summed E-state index contributed by atoms with van der Waals surface area (Å²) in [6.45, 7) is 6.54. The first-order chi connectivity index (χ1) is 13.7. The molecule has 0 N–H and O–H groups in total. The van der Waals surface area contributed by atoms with Crippen LogP contribution in [0.2, 0.25) is 0 Å². The number of ketones is 1. The topological polar surface area (TPSA) is 96.0 Å². The Morgan fingerprint density at radius 3 is 2.38 bits per heavy atom. The zero-order valence-corrected chi connectivity index (χ0v) is 16.7. The third kappa shape index (κ3) is 4.99. The summed E-state index contributed by atoms with van der Waals surface area (Å²) in [5.74, 6) is -3.13. The van der Waals surface area contributed by atoms with E-state index < -0.39 is 41.4 Å². The van der Waals surface area contributed by atoms with Gasteiger partial charge in [-0.2, -0.15) is 0 Å². The second-order valence-electron chi connectivity index (χ2n) is 7.05. The van der Waals surface area contributed by atoms with Crippen LogP contribution >= 0.6 is 0 Å². The van der Waals surface area contributed by atoms with Crippen LogP contribution in [0, 0.1) is 11.8 Å². The highest BCUT2D eigenvalue weighted by Gasteiger charge is 2.49. The van der Waals surface area contributed by atoms with Crippen molar-refractivity contribution in [1.82, 2.24) is 0 Å². The van der Waals surface area contributed by atoms with E-state index in [1.165, 1.54) is 30.4 Å². The van der Waals surface area contributed by atoms with Gasteiger partial charge >= 0.3 is 12.1 Å². The predicted molar refractivity (Wildman–Crippen MR) is 104 cm³/mol. The Morgan fingerprint density at radius 2 is 1.76 bits per heavy atom. The summed E-state index contributed by atoms with van der Waals surface area (Å²) in [5.41, 5.74) is -1.97. The maximum absolute atomic E-state index is 13.5. The molecule has 0 amide bonds. The fourth-order valence-electron chi connectivity index (χ4n) is 2.65. The summed E-state index contributed by atoms with van der Waals surface area (Å²) in [7, 11) is 0. The van der Waals surface area contributed by atoms with Crippen LogP contribution in [0.5, 0.6) is 5.75 Å². The molecule has 1 radical (unpaired) electrons. The van der Waals surface area contributed by atoms with Gasteiger partial charge in [-0.05, 0) is 32.1 Å². The van der Waals surface area contributed by atoms with Crippen molar-refractivity contribution in [2.75, 3.05) is 0 Å². The minimum Gasteiger partial charge on any atom is -0.445 e. The molecule has 29 heavy (non-hydrogen) atoms. The van der Waals surface area contributed by atoms with E-state index in [-0.39, 0.29) is 11.3 Å². The Hall–Kier alpha value is -3.22. The Labute approximate surface area is 169 Å². The Balaban J connectivity index is 2.49. The van der Waals surface area contributed by atoms with Gasteiger partial charge in [-0.15, -0.1) is 0 Å². The molecule has 7 nitrogen and oxygen atoms in total. The molecule has 0 spiro atoms. The molecule has 1 aliphatic rings. The number of Topliss-reactive ketones (excluding diaryl/α,β-unsaturated/α-hetero) is 1. The largest absolute Gasteiger partial charge is 0.514 e. The summed E-state index contributed by atoms with van der Waals surface area (Å²) in [5, 5.41) is 0. The third-order valence-electron chi connectivity index (χ3n) is 4.10. The van der Waals surface area contributed by atoms with Crippen molar-refractivity contribution in [3.63, 3.8) is 0 Å². The van der Waals surface area contributed by atoms with Gasteiger partial charge in [0.1, 0.15) is 5.75 Å². The monoisotopic (exact) mass is 399 g/mol. The van der Waals surface area contributed by atoms with Crippen LogP contribution in [0.3, 0.4) is 0 Å². The number of carbonyl (C=O) groups is 3. The smallest absolute Gasteiger partial charge is 0.445 e. The standard InChI is InChI=1S/C22H23O7/c1-14(2)20(25)29-22(12-8-7-9-16(22)13-23)19(24)17-10-5-6-11-18(17)28-21(26)27-15(3)4/h5-12,14-16H,1-4H3. The SMILES string of the molecule is CC(C)OC(=O)Oc1ccccc1C(=O)C1(OC(=O)C(C)C)C=CC=CC1[C]=O. The van der Waals surface area contributed by atoms with E-state index in [4.69, 9.17) is 14.2 Å². The number of allylic oxidation sites excluding steroid dienone is 2. The third-order valence-corrected chi connectivity index (χ3v) is 4.10.